The number of carbonyl (C=O) groups is 1. The van der Waals surface area contributed by atoms with Gasteiger partial charge >= 0.3 is 0 Å². The van der Waals surface area contributed by atoms with Gasteiger partial charge in [-0.1, -0.05) is 12.1 Å². The summed E-state index contributed by atoms with van der Waals surface area (Å²) in [5, 5.41) is 2.59. The van der Waals surface area contributed by atoms with Gasteiger partial charge in [-0.2, -0.15) is 0 Å². The number of hydrogen-bond donors (Lipinski definition) is 1. The third kappa shape index (κ3) is 2.34. The standard InChI is InChI=1S/C9H10FNO/c1-7(12)11-9-4-2-8(6-10)3-5-9/h2-5H,6H2,1H3,(H,11,12). The minimum atomic E-state index is -0.472. The highest BCUT2D eigenvalue weighted by Gasteiger charge is 1.94. The number of benzene rings is 1. The second kappa shape index (κ2) is 3.85. The smallest absolute Gasteiger partial charge is 0.221 e. The monoisotopic (exact) mass is 167 g/mol. The van der Waals surface area contributed by atoms with Crippen LogP contribution in [0, 0.1) is 0 Å². The molecule has 2 nitrogen and oxygen atoms in total. The summed E-state index contributed by atoms with van der Waals surface area (Å²) in [6.45, 7) is 0.962. The molecule has 0 bridgehead atoms. The van der Waals surface area contributed by atoms with Crippen LogP contribution in [-0.4, -0.2) is 5.91 Å². The van der Waals surface area contributed by atoms with Gasteiger partial charge in [0.1, 0.15) is 6.67 Å². The van der Waals surface area contributed by atoms with Crippen LogP contribution in [-0.2, 0) is 11.5 Å². The Kier molecular flexibility index (Phi) is 2.80. The van der Waals surface area contributed by atoms with Crippen molar-refractivity contribution in [2.75, 3.05) is 5.32 Å². The van der Waals surface area contributed by atoms with Crippen LogP contribution in [0.2, 0.25) is 0 Å². The van der Waals surface area contributed by atoms with E-state index < -0.39 is 6.67 Å². The lowest BCUT2D eigenvalue weighted by Gasteiger charge is -2.01. The molecule has 1 N–H and O–H groups in total. The molecule has 0 aliphatic rings. The number of alkyl halides is 1. The molecule has 3 heteroatoms. The van der Waals surface area contributed by atoms with E-state index in [1.807, 2.05) is 0 Å². The molecule has 1 amide bonds. The molecule has 0 saturated carbocycles. The van der Waals surface area contributed by atoms with Gasteiger partial charge in [0.15, 0.2) is 0 Å². The molecule has 0 atom stereocenters. The first-order valence-electron chi connectivity index (χ1n) is 3.65. The van der Waals surface area contributed by atoms with E-state index in [1.54, 1.807) is 24.3 Å². The highest BCUT2D eigenvalue weighted by molar-refractivity contribution is 5.88. The molecule has 0 aromatic heterocycles. The number of carbonyl (C=O) groups excluding carboxylic acids is 1. The summed E-state index contributed by atoms with van der Waals surface area (Å²) < 4.78 is 12.0. The van der Waals surface area contributed by atoms with Gasteiger partial charge < -0.3 is 5.32 Å². The molecule has 1 aromatic carbocycles. The number of anilines is 1. The molecule has 0 unspecified atom stereocenters. The van der Waals surface area contributed by atoms with Crippen molar-refractivity contribution in [3.63, 3.8) is 0 Å². The largest absolute Gasteiger partial charge is 0.326 e. The van der Waals surface area contributed by atoms with Gasteiger partial charge in [-0.05, 0) is 17.7 Å². The Morgan fingerprint density at radius 1 is 1.42 bits per heavy atom. The fourth-order valence-electron chi connectivity index (χ4n) is 0.880. The van der Waals surface area contributed by atoms with E-state index in [9.17, 15) is 9.18 Å². The number of rotatable bonds is 2. The molecule has 0 fully saturated rings. The fourth-order valence-corrected chi connectivity index (χ4v) is 0.880. The highest BCUT2D eigenvalue weighted by Crippen LogP contribution is 2.09. The van der Waals surface area contributed by atoms with E-state index >= 15 is 0 Å². The lowest BCUT2D eigenvalue weighted by molar-refractivity contribution is -0.114. The molecule has 12 heavy (non-hydrogen) atoms. The van der Waals surface area contributed by atoms with Crippen molar-refractivity contribution in [2.45, 2.75) is 13.6 Å². The second-order valence-corrected chi connectivity index (χ2v) is 2.51. The Hall–Kier alpha value is -1.38. The van der Waals surface area contributed by atoms with Crippen LogP contribution in [0.25, 0.3) is 0 Å². The lowest BCUT2D eigenvalue weighted by Crippen LogP contribution is -2.05. The van der Waals surface area contributed by atoms with Gasteiger partial charge in [0.2, 0.25) is 5.91 Å². The molecule has 0 heterocycles. The first-order valence-corrected chi connectivity index (χ1v) is 3.65. The Labute approximate surface area is 70.4 Å². The molecular formula is C9H10FNO. The van der Waals surface area contributed by atoms with Crippen LogP contribution in [0.1, 0.15) is 12.5 Å². The van der Waals surface area contributed by atoms with Gasteiger partial charge in [0.25, 0.3) is 0 Å². The number of hydrogen-bond acceptors (Lipinski definition) is 1. The van der Waals surface area contributed by atoms with Crippen molar-refractivity contribution in [1.82, 2.24) is 0 Å². The van der Waals surface area contributed by atoms with Gasteiger partial charge in [-0.3, -0.25) is 4.79 Å². The van der Waals surface area contributed by atoms with Crippen molar-refractivity contribution >= 4 is 11.6 Å². The summed E-state index contributed by atoms with van der Waals surface area (Å²) in [6.07, 6.45) is 0. The molecule has 1 rings (SSSR count). The maximum atomic E-state index is 12.0. The van der Waals surface area contributed by atoms with Crippen molar-refractivity contribution in [2.24, 2.45) is 0 Å². The second-order valence-electron chi connectivity index (χ2n) is 2.51. The summed E-state index contributed by atoms with van der Waals surface area (Å²) in [5.41, 5.74) is 1.31. The summed E-state index contributed by atoms with van der Waals surface area (Å²) in [7, 11) is 0. The number of amides is 1. The van der Waals surface area contributed by atoms with Crippen LogP contribution in [0.4, 0.5) is 10.1 Å². The topological polar surface area (TPSA) is 29.1 Å². The van der Waals surface area contributed by atoms with Gasteiger partial charge in [0.05, 0.1) is 0 Å². The van der Waals surface area contributed by atoms with Gasteiger partial charge in [-0.25, -0.2) is 4.39 Å². The van der Waals surface area contributed by atoms with Crippen molar-refractivity contribution in [3.05, 3.63) is 29.8 Å². The molecule has 1 aromatic rings. The molecule has 0 saturated heterocycles. The first kappa shape index (κ1) is 8.71. The zero-order chi connectivity index (χ0) is 8.97. The van der Waals surface area contributed by atoms with Crippen LogP contribution < -0.4 is 5.32 Å². The van der Waals surface area contributed by atoms with Crippen LogP contribution >= 0.6 is 0 Å². The van der Waals surface area contributed by atoms with E-state index in [1.165, 1.54) is 6.92 Å². The van der Waals surface area contributed by atoms with E-state index in [0.717, 1.165) is 0 Å². The minimum Gasteiger partial charge on any atom is -0.326 e. The Morgan fingerprint density at radius 2 is 2.00 bits per heavy atom. The maximum absolute atomic E-state index is 12.0. The summed E-state index contributed by atoms with van der Waals surface area (Å²) in [5.74, 6) is -0.122. The fraction of sp³-hybridized carbons (Fsp3) is 0.222. The van der Waals surface area contributed by atoms with Crippen LogP contribution in [0.3, 0.4) is 0 Å². The van der Waals surface area contributed by atoms with E-state index in [-0.39, 0.29) is 5.91 Å². The zero-order valence-electron chi connectivity index (χ0n) is 6.80. The van der Waals surface area contributed by atoms with Crippen molar-refractivity contribution in [3.8, 4) is 0 Å². The lowest BCUT2D eigenvalue weighted by atomic mass is 10.2. The molecule has 0 radical (unpaired) electrons. The Bertz CT molecular complexity index is 268. The summed E-state index contributed by atoms with van der Waals surface area (Å²) in [4.78, 5) is 10.6. The highest BCUT2D eigenvalue weighted by atomic mass is 19.1. The van der Waals surface area contributed by atoms with E-state index in [2.05, 4.69) is 5.32 Å². The van der Waals surface area contributed by atoms with Crippen LogP contribution in [0.5, 0.6) is 0 Å². The van der Waals surface area contributed by atoms with Crippen molar-refractivity contribution in [1.29, 1.82) is 0 Å². The molecule has 0 aliphatic carbocycles. The average molecular weight is 167 g/mol. The van der Waals surface area contributed by atoms with E-state index in [0.29, 0.717) is 11.3 Å². The SMILES string of the molecule is CC(=O)Nc1ccc(CF)cc1. The van der Waals surface area contributed by atoms with Crippen LogP contribution in [0.15, 0.2) is 24.3 Å². The Balaban J connectivity index is 2.71. The molecule has 64 valence electrons. The predicted molar refractivity (Wildman–Crippen MR) is 45.6 cm³/mol. The summed E-state index contributed by atoms with van der Waals surface area (Å²) in [6, 6.07) is 6.64. The molecule has 0 spiro atoms. The average Bonchev–Trinajstić information content (AvgIpc) is 2.05. The Morgan fingerprint density at radius 3 is 2.42 bits per heavy atom. The first-order chi connectivity index (χ1) is 5.72. The number of nitrogens with one attached hydrogen (secondary N) is 1. The third-order valence-electron chi connectivity index (χ3n) is 1.43. The molecule has 0 aliphatic heterocycles. The van der Waals surface area contributed by atoms with Crippen molar-refractivity contribution < 1.29 is 9.18 Å². The quantitative estimate of drug-likeness (QED) is 0.718. The normalized spacial score (nSPS) is 9.50. The third-order valence-corrected chi connectivity index (χ3v) is 1.43. The molecular weight excluding hydrogens is 157 g/mol. The van der Waals surface area contributed by atoms with E-state index in [4.69, 9.17) is 0 Å². The van der Waals surface area contributed by atoms with Gasteiger partial charge in [-0.15, -0.1) is 0 Å². The maximum Gasteiger partial charge on any atom is 0.221 e. The minimum absolute atomic E-state index is 0.122. The summed E-state index contributed by atoms with van der Waals surface area (Å²) >= 11 is 0. The number of halogens is 1. The van der Waals surface area contributed by atoms with Gasteiger partial charge in [0, 0.05) is 12.6 Å². The zero-order valence-corrected chi connectivity index (χ0v) is 6.80. The predicted octanol–water partition coefficient (Wildman–Crippen LogP) is 2.11.